The van der Waals surface area contributed by atoms with Crippen molar-refractivity contribution in [1.82, 2.24) is 10.4 Å². The van der Waals surface area contributed by atoms with E-state index in [1.54, 1.807) is 6.21 Å². The highest BCUT2D eigenvalue weighted by Crippen LogP contribution is 2.28. The number of aromatic nitrogens is 1. The van der Waals surface area contributed by atoms with Gasteiger partial charge in [-0.2, -0.15) is 5.10 Å². The molecular formula is C31H21N3O. The van der Waals surface area contributed by atoms with Crippen LogP contribution in [0.4, 0.5) is 0 Å². The first-order valence-corrected chi connectivity index (χ1v) is 11.5. The van der Waals surface area contributed by atoms with Crippen molar-refractivity contribution in [3.63, 3.8) is 0 Å². The molecule has 6 rings (SSSR count). The Balaban J connectivity index is 1.39. The van der Waals surface area contributed by atoms with Crippen molar-refractivity contribution in [2.75, 3.05) is 0 Å². The largest absolute Gasteiger partial charge is 0.272 e. The molecule has 1 N–H and O–H groups in total. The van der Waals surface area contributed by atoms with Gasteiger partial charge in [-0.05, 0) is 39.7 Å². The number of fused-ring (bicyclic) bond motifs is 3. The minimum atomic E-state index is -0.276. The minimum absolute atomic E-state index is 0.276. The van der Waals surface area contributed by atoms with Crippen molar-refractivity contribution < 1.29 is 4.79 Å². The highest BCUT2D eigenvalue weighted by molar-refractivity contribution is 6.14. The van der Waals surface area contributed by atoms with Crippen LogP contribution in [0, 0.1) is 0 Å². The van der Waals surface area contributed by atoms with Gasteiger partial charge in [0.25, 0.3) is 5.91 Å². The van der Waals surface area contributed by atoms with Gasteiger partial charge in [0.1, 0.15) is 0 Å². The van der Waals surface area contributed by atoms with E-state index in [2.05, 4.69) is 40.9 Å². The van der Waals surface area contributed by atoms with E-state index in [1.165, 1.54) is 0 Å². The lowest BCUT2D eigenvalue weighted by Gasteiger charge is -2.10. The van der Waals surface area contributed by atoms with Gasteiger partial charge in [0.15, 0.2) is 0 Å². The topological polar surface area (TPSA) is 54.4 Å². The smallest absolute Gasteiger partial charge is 0.267 e. The number of hydrogen-bond acceptors (Lipinski definition) is 3. The summed E-state index contributed by atoms with van der Waals surface area (Å²) in [5, 5.41) is 9.61. The van der Waals surface area contributed by atoms with Gasteiger partial charge in [-0.15, -0.1) is 0 Å². The molecule has 166 valence electrons. The molecule has 1 aromatic heterocycles. The van der Waals surface area contributed by atoms with E-state index in [-0.39, 0.29) is 5.91 Å². The summed E-state index contributed by atoms with van der Waals surface area (Å²) in [5.74, 6) is -0.276. The summed E-state index contributed by atoms with van der Waals surface area (Å²) in [6, 6.07) is 38.0. The third-order valence-electron chi connectivity index (χ3n) is 6.20. The van der Waals surface area contributed by atoms with Crippen molar-refractivity contribution >= 4 is 44.6 Å². The molecule has 0 saturated heterocycles. The predicted octanol–water partition coefficient (Wildman–Crippen LogP) is 6.97. The average molecular weight is 452 g/mol. The summed E-state index contributed by atoms with van der Waals surface area (Å²) in [6.07, 6.45) is 1.74. The fourth-order valence-electron chi connectivity index (χ4n) is 4.52. The van der Waals surface area contributed by atoms with Gasteiger partial charge in [0.2, 0.25) is 0 Å². The summed E-state index contributed by atoms with van der Waals surface area (Å²) in [7, 11) is 0. The zero-order valence-electron chi connectivity index (χ0n) is 18.8. The first-order valence-electron chi connectivity index (χ1n) is 11.5. The zero-order valence-corrected chi connectivity index (χ0v) is 18.8. The molecule has 0 spiro atoms. The summed E-state index contributed by atoms with van der Waals surface area (Å²) < 4.78 is 0. The Hall–Kier alpha value is -4.83. The second-order valence-electron chi connectivity index (χ2n) is 8.37. The van der Waals surface area contributed by atoms with Gasteiger partial charge in [-0.3, -0.25) is 4.79 Å². The van der Waals surface area contributed by atoms with E-state index >= 15 is 0 Å². The first-order chi connectivity index (χ1) is 17.3. The SMILES string of the molecule is O=C(N/N=C\c1c2ccccc2cc2ccccc12)c1cc(-c2ccccc2)nc2ccccc12. The van der Waals surface area contributed by atoms with Crippen LogP contribution in [0.3, 0.4) is 0 Å². The van der Waals surface area contributed by atoms with E-state index in [0.717, 1.165) is 49.3 Å². The molecule has 0 aliphatic heterocycles. The number of hydrazone groups is 1. The number of nitrogens with zero attached hydrogens (tertiary/aromatic N) is 2. The predicted molar refractivity (Wildman–Crippen MR) is 144 cm³/mol. The Morgan fingerprint density at radius 3 is 2.00 bits per heavy atom. The van der Waals surface area contributed by atoms with Gasteiger partial charge < -0.3 is 0 Å². The van der Waals surface area contributed by atoms with Gasteiger partial charge in [-0.25, -0.2) is 10.4 Å². The van der Waals surface area contributed by atoms with Crippen LogP contribution in [-0.4, -0.2) is 17.1 Å². The number of carbonyl (C=O) groups is 1. The van der Waals surface area contributed by atoms with Gasteiger partial charge in [0.05, 0.1) is 23.0 Å². The van der Waals surface area contributed by atoms with Crippen molar-refractivity contribution in [2.24, 2.45) is 5.10 Å². The Labute approximate surface area is 202 Å². The van der Waals surface area contributed by atoms with Crippen molar-refractivity contribution in [3.8, 4) is 11.3 Å². The molecule has 6 aromatic rings. The number of hydrogen-bond donors (Lipinski definition) is 1. The Morgan fingerprint density at radius 2 is 1.29 bits per heavy atom. The second-order valence-corrected chi connectivity index (χ2v) is 8.37. The normalized spacial score (nSPS) is 11.4. The van der Waals surface area contributed by atoms with E-state index < -0.39 is 0 Å². The standard InChI is InChI=1S/C31H21N3O/c35-31(27-19-30(21-10-2-1-3-11-21)33-29-17-9-8-16-26(27)29)34-32-20-28-24-14-6-4-12-22(24)18-23-13-5-7-15-25(23)28/h1-20H,(H,34,35)/b32-20-. The maximum atomic E-state index is 13.3. The van der Waals surface area contributed by atoms with E-state index in [1.807, 2.05) is 84.9 Å². The average Bonchev–Trinajstić information content (AvgIpc) is 2.92. The van der Waals surface area contributed by atoms with Gasteiger partial charge >= 0.3 is 0 Å². The summed E-state index contributed by atoms with van der Waals surface area (Å²) in [4.78, 5) is 18.1. The fraction of sp³-hybridized carbons (Fsp3) is 0. The maximum absolute atomic E-state index is 13.3. The molecule has 1 amide bonds. The number of amides is 1. The zero-order chi connectivity index (χ0) is 23.6. The molecule has 1 heterocycles. The van der Waals surface area contributed by atoms with Crippen LogP contribution < -0.4 is 5.43 Å². The molecule has 0 unspecified atom stereocenters. The number of rotatable bonds is 4. The third kappa shape index (κ3) is 3.91. The lowest BCUT2D eigenvalue weighted by atomic mass is 9.97. The lowest BCUT2D eigenvalue weighted by molar-refractivity contribution is 0.0956. The van der Waals surface area contributed by atoms with Crippen LogP contribution in [0.2, 0.25) is 0 Å². The first kappa shape index (κ1) is 20.8. The van der Waals surface area contributed by atoms with Crippen LogP contribution in [0.1, 0.15) is 15.9 Å². The minimum Gasteiger partial charge on any atom is -0.267 e. The Kier molecular flexibility index (Phi) is 5.24. The molecule has 0 aliphatic carbocycles. The molecule has 0 aliphatic rings. The summed E-state index contributed by atoms with van der Waals surface area (Å²) in [6.45, 7) is 0. The quantitative estimate of drug-likeness (QED) is 0.179. The highest BCUT2D eigenvalue weighted by atomic mass is 16.2. The van der Waals surface area contributed by atoms with Gasteiger partial charge in [0, 0.05) is 16.5 Å². The molecule has 0 fully saturated rings. The van der Waals surface area contributed by atoms with E-state index in [0.29, 0.717) is 5.56 Å². The summed E-state index contributed by atoms with van der Waals surface area (Å²) in [5.41, 5.74) is 6.73. The highest BCUT2D eigenvalue weighted by Gasteiger charge is 2.14. The number of nitrogens with one attached hydrogen (secondary N) is 1. The molecule has 0 atom stereocenters. The van der Waals surface area contributed by atoms with Crippen LogP contribution in [-0.2, 0) is 0 Å². The second kappa shape index (κ2) is 8.84. The van der Waals surface area contributed by atoms with Crippen LogP contribution in [0.25, 0.3) is 43.7 Å². The lowest BCUT2D eigenvalue weighted by Crippen LogP contribution is -2.18. The number of carbonyl (C=O) groups excluding carboxylic acids is 1. The maximum Gasteiger partial charge on any atom is 0.272 e. The van der Waals surface area contributed by atoms with Crippen LogP contribution in [0.5, 0.6) is 0 Å². The molecular weight excluding hydrogens is 430 g/mol. The summed E-state index contributed by atoms with van der Waals surface area (Å²) >= 11 is 0. The fourth-order valence-corrected chi connectivity index (χ4v) is 4.52. The van der Waals surface area contributed by atoms with Crippen molar-refractivity contribution in [3.05, 3.63) is 126 Å². The van der Waals surface area contributed by atoms with Crippen LogP contribution >= 0.6 is 0 Å². The Bertz CT molecular complexity index is 1690. The van der Waals surface area contributed by atoms with Crippen LogP contribution in [0.15, 0.2) is 120 Å². The van der Waals surface area contributed by atoms with Crippen molar-refractivity contribution in [2.45, 2.75) is 0 Å². The van der Waals surface area contributed by atoms with E-state index in [4.69, 9.17) is 4.98 Å². The number of benzene rings is 5. The van der Waals surface area contributed by atoms with Crippen molar-refractivity contribution in [1.29, 1.82) is 0 Å². The molecule has 4 heteroatoms. The van der Waals surface area contributed by atoms with E-state index in [9.17, 15) is 4.79 Å². The number of pyridine rings is 1. The molecule has 0 saturated carbocycles. The van der Waals surface area contributed by atoms with Gasteiger partial charge in [-0.1, -0.05) is 97.1 Å². The number of para-hydroxylation sites is 1. The molecule has 0 radical (unpaired) electrons. The molecule has 35 heavy (non-hydrogen) atoms. The third-order valence-corrected chi connectivity index (χ3v) is 6.20. The molecule has 5 aromatic carbocycles. The molecule has 4 nitrogen and oxygen atoms in total. The monoisotopic (exact) mass is 451 g/mol. The Morgan fingerprint density at radius 1 is 0.686 bits per heavy atom. The molecule has 0 bridgehead atoms.